The second kappa shape index (κ2) is 6.72. The number of anilines is 1. The van der Waals surface area contributed by atoms with Crippen molar-refractivity contribution in [3.05, 3.63) is 24.0 Å². The highest BCUT2D eigenvalue weighted by molar-refractivity contribution is 7.89. The molecule has 118 valence electrons. The first-order valence-corrected chi connectivity index (χ1v) is 8.56. The number of halogens is 1. The van der Waals surface area contributed by atoms with Gasteiger partial charge in [0, 0.05) is 12.6 Å². The molecule has 3 N–H and O–H groups in total. The summed E-state index contributed by atoms with van der Waals surface area (Å²) in [5, 5.41) is 12.2. The van der Waals surface area contributed by atoms with Crippen molar-refractivity contribution in [1.82, 2.24) is 4.72 Å². The van der Waals surface area contributed by atoms with Crippen molar-refractivity contribution in [2.24, 2.45) is 5.92 Å². The van der Waals surface area contributed by atoms with Gasteiger partial charge in [0.2, 0.25) is 10.0 Å². The minimum absolute atomic E-state index is 0.0913. The van der Waals surface area contributed by atoms with Crippen LogP contribution >= 0.6 is 0 Å². The van der Waals surface area contributed by atoms with Crippen molar-refractivity contribution in [3.63, 3.8) is 0 Å². The zero-order valence-corrected chi connectivity index (χ0v) is 12.8. The minimum Gasteiger partial charge on any atom is -0.396 e. The van der Waals surface area contributed by atoms with Gasteiger partial charge in [-0.25, -0.2) is 17.5 Å². The fourth-order valence-corrected chi connectivity index (χ4v) is 3.58. The Morgan fingerprint density at radius 1 is 1.38 bits per heavy atom. The minimum atomic E-state index is -3.63. The molecule has 1 saturated carbocycles. The molecular formula is C14H21FN2O3S. The molecule has 0 amide bonds. The highest BCUT2D eigenvalue weighted by atomic mass is 32.2. The molecule has 21 heavy (non-hydrogen) atoms. The number of sulfonamides is 1. The molecule has 0 aliphatic heterocycles. The van der Waals surface area contributed by atoms with Crippen molar-refractivity contribution >= 4 is 15.7 Å². The molecule has 1 aliphatic rings. The molecule has 1 aromatic rings. The highest BCUT2D eigenvalue weighted by Gasteiger charge is 2.27. The van der Waals surface area contributed by atoms with Crippen molar-refractivity contribution in [2.45, 2.75) is 36.6 Å². The highest BCUT2D eigenvalue weighted by Crippen LogP contribution is 2.31. The monoisotopic (exact) mass is 316 g/mol. The van der Waals surface area contributed by atoms with Crippen LogP contribution in [0.3, 0.4) is 0 Å². The Hall–Kier alpha value is -1.18. The van der Waals surface area contributed by atoms with Gasteiger partial charge in [-0.2, -0.15) is 0 Å². The van der Waals surface area contributed by atoms with Gasteiger partial charge in [0.05, 0.1) is 10.6 Å². The first-order chi connectivity index (χ1) is 9.97. The van der Waals surface area contributed by atoms with E-state index in [1.165, 1.54) is 19.2 Å². The van der Waals surface area contributed by atoms with E-state index in [0.717, 1.165) is 25.3 Å². The van der Waals surface area contributed by atoms with Crippen LogP contribution in [0.15, 0.2) is 23.1 Å². The number of nitrogens with one attached hydrogen (secondary N) is 2. The van der Waals surface area contributed by atoms with Gasteiger partial charge in [-0.15, -0.1) is 0 Å². The third-order valence-corrected chi connectivity index (χ3v) is 5.43. The maximum absolute atomic E-state index is 14.1. The zero-order chi connectivity index (χ0) is 15.5. The summed E-state index contributed by atoms with van der Waals surface area (Å²) in [5.74, 6) is -0.254. The average molecular weight is 316 g/mol. The lowest BCUT2D eigenvalue weighted by Gasteiger charge is -2.22. The predicted octanol–water partition coefficient (Wildman–Crippen LogP) is 1.70. The van der Waals surface area contributed by atoms with Gasteiger partial charge in [-0.05, 0) is 50.4 Å². The number of benzene rings is 1. The third kappa shape index (κ3) is 3.72. The summed E-state index contributed by atoms with van der Waals surface area (Å²) in [6.07, 6.45) is 3.70. The van der Waals surface area contributed by atoms with Crippen LogP contribution in [0.5, 0.6) is 0 Å². The molecule has 0 bridgehead atoms. The summed E-state index contributed by atoms with van der Waals surface area (Å²) in [4.78, 5) is -0.0913. The lowest BCUT2D eigenvalue weighted by Crippen LogP contribution is -2.25. The Labute approximate surface area is 124 Å². The summed E-state index contributed by atoms with van der Waals surface area (Å²) in [6, 6.07) is 3.98. The van der Waals surface area contributed by atoms with Crippen LogP contribution in [0.1, 0.15) is 25.7 Å². The van der Waals surface area contributed by atoms with E-state index in [1.54, 1.807) is 0 Å². The lowest BCUT2D eigenvalue weighted by atomic mass is 10.00. The molecule has 0 heterocycles. The molecule has 0 saturated heterocycles. The van der Waals surface area contributed by atoms with E-state index >= 15 is 0 Å². The Bertz CT molecular complexity index is 592. The quantitative estimate of drug-likeness (QED) is 0.746. The SMILES string of the molecule is CNS(=O)(=O)c1ccc(NC2CCCC2CCO)c(F)c1. The summed E-state index contributed by atoms with van der Waals surface area (Å²) < 4.78 is 39.5. The molecular weight excluding hydrogens is 295 g/mol. The maximum Gasteiger partial charge on any atom is 0.240 e. The average Bonchev–Trinajstić information content (AvgIpc) is 2.89. The number of hydrogen-bond donors (Lipinski definition) is 3. The summed E-state index contributed by atoms with van der Waals surface area (Å²) in [7, 11) is -2.35. The first kappa shape index (κ1) is 16.2. The molecule has 0 spiro atoms. The van der Waals surface area contributed by atoms with E-state index < -0.39 is 15.8 Å². The van der Waals surface area contributed by atoms with Crippen LogP contribution in [0.4, 0.5) is 10.1 Å². The Balaban J connectivity index is 2.15. The summed E-state index contributed by atoms with van der Waals surface area (Å²) in [6.45, 7) is 0.130. The van der Waals surface area contributed by atoms with Crippen molar-refractivity contribution in [3.8, 4) is 0 Å². The van der Waals surface area contributed by atoms with Gasteiger partial charge >= 0.3 is 0 Å². The van der Waals surface area contributed by atoms with Gasteiger partial charge in [0.25, 0.3) is 0 Å². The molecule has 2 atom stereocenters. The Morgan fingerprint density at radius 3 is 2.76 bits per heavy atom. The predicted molar refractivity (Wildman–Crippen MR) is 79.1 cm³/mol. The van der Waals surface area contributed by atoms with Crippen LogP contribution < -0.4 is 10.0 Å². The second-order valence-corrected chi connectivity index (χ2v) is 7.19. The standard InChI is InChI=1S/C14H21FN2O3S/c1-16-21(19,20)11-5-6-14(12(15)9-11)17-13-4-2-3-10(13)7-8-18/h5-6,9-10,13,16-18H,2-4,7-8H2,1H3. The van der Waals surface area contributed by atoms with Crippen molar-refractivity contribution in [1.29, 1.82) is 0 Å². The Morgan fingerprint density at radius 2 is 2.14 bits per heavy atom. The number of rotatable bonds is 6. The molecule has 7 heteroatoms. The number of aliphatic hydroxyl groups is 1. The molecule has 0 aromatic heterocycles. The van der Waals surface area contributed by atoms with Crippen LogP contribution in [0, 0.1) is 11.7 Å². The van der Waals surface area contributed by atoms with Gasteiger partial charge < -0.3 is 10.4 Å². The third-order valence-electron chi connectivity index (χ3n) is 4.02. The van der Waals surface area contributed by atoms with Gasteiger partial charge in [0.1, 0.15) is 5.82 Å². The topological polar surface area (TPSA) is 78.4 Å². The second-order valence-electron chi connectivity index (χ2n) is 5.30. The summed E-state index contributed by atoms with van der Waals surface area (Å²) in [5.41, 5.74) is 0.305. The summed E-state index contributed by atoms with van der Waals surface area (Å²) >= 11 is 0. The maximum atomic E-state index is 14.1. The van der Waals surface area contributed by atoms with E-state index in [0.29, 0.717) is 18.0 Å². The van der Waals surface area contributed by atoms with Crippen LogP contribution in [-0.4, -0.2) is 33.2 Å². The van der Waals surface area contributed by atoms with Gasteiger partial charge in [-0.3, -0.25) is 0 Å². The van der Waals surface area contributed by atoms with E-state index in [2.05, 4.69) is 10.0 Å². The molecule has 2 rings (SSSR count). The lowest BCUT2D eigenvalue weighted by molar-refractivity contribution is 0.254. The molecule has 1 aliphatic carbocycles. The molecule has 0 radical (unpaired) electrons. The first-order valence-electron chi connectivity index (χ1n) is 7.08. The number of hydrogen-bond acceptors (Lipinski definition) is 4. The van der Waals surface area contributed by atoms with Gasteiger partial charge in [0.15, 0.2) is 0 Å². The fourth-order valence-electron chi connectivity index (χ4n) is 2.84. The van der Waals surface area contributed by atoms with E-state index in [-0.39, 0.29) is 17.5 Å². The molecule has 1 aromatic carbocycles. The van der Waals surface area contributed by atoms with E-state index in [1.807, 2.05) is 0 Å². The van der Waals surface area contributed by atoms with Crippen molar-refractivity contribution < 1.29 is 17.9 Å². The van der Waals surface area contributed by atoms with Crippen LogP contribution in [0.25, 0.3) is 0 Å². The molecule has 2 unspecified atom stereocenters. The van der Waals surface area contributed by atoms with Crippen molar-refractivity contribution in [2.75, 3.05) is 19.0 Å². The van der Waals surface area contributed by atoms with E-state index in [9.17, 15) is 12.8 Å². The largest absolute Gasteiger partial charge is 0.396 e. The molecule has 1 fully saturated rings. The normalized spacial score (nSPS) is 22.4. The van der Waals surface area contributed by atoms with Crippen LogP contribution in [-0.2, 0) is 10.0 Å². The van der Waals surface area contributed by atoms with E-state index in [4.69, 9.17) is 5.11 Å². The fraction of sp³-hybridized carbons (Fsp3) is 0.571. The smallest absolute Gasteiger partial charge is 0.240 e. The Kier molecular flexibility index (Phi) is 5.18. The number of aliphatic hydroxyl groups excluding tert-OH is 1. The molecule has 5 nitrogen and oxygen atoms in total. The zero-order valence-electron chi connectivity index (χ0n) is 12.0. The van der Waals surface area contributed by atoms with Gasteiger partial charge in [-0.1, -0.05) is 6.42 Å². The van der Waals surface area contributed by atoms with Crippen LogP contribution in [0.2, 0.25) is 0 Å².